The van der Waals surface area contributed by atoms with Crippen LogP contribution in [0.1, 0.15) is 18.6 Å². The summed E-state index contributed by atoms with van der Waals surface area (Å²) < 4.78 is 5.53. The van der Waals surface area contributed by atoms with Crippen LogP contribution in [-0.4, -0.2) is 28.2 Å². The molecule has 0 aliphatic heterocycles. The van der Waals surface area contributed by atoms with E-state index in [1.807, 2.05) is 67.6 Å². The number of aliphatic hydroxyl groups is 1. The van der Waals surface area contributed by atoms with E-state index in [9.17, 15) is 5.11 Å². The third-order valence-corrected chi connectivity index (χ3v) is 3.77. The highest BCUT2D eigenvalue weighted by molar-refractivity contribution is 5.63. The molecule has 25 heavy (non-hydrogen) atoms. The van der Waals surface area contributed by atoms with Crippen molar-refractivity contribution in [3.63, 3.8) is 0 Å². The molecule has 2 N–H and O–H groups in total. The molecule has 2 aromatic carbocycles. The predicted octanol–water partition coefficient (Wildman–Crippen LogP) is 3.69. The summed E-state index contributed by atoms with van der Waals surface area (Å²) in [6.45, 7) is 2.95. The Bertz CT molecular complexity index is 809. The predicted molar refractivity (Wildman–Crippen MR) is 98.5 cm³/mol. The second kappa shape index (κ2) is 8.26. The Labute approximate surface area is 147 Å². The molecule has 128 valence electrons. The summed E-state index contributed by atoms with van der Waals surface area (Å²) in [5, 5.41) is 13.4. The van der Waals surface area contributed by atoms with Gasteiger partial charge < -0.3 is 15.2 Å². The minimum absolute atomic E-state index is 0.374. The molecule has 1 unspecified atom stereocenters. The molecule has 5 heteroatoms. The number of hydrogen-bond donors (Lipinski definition) is 2. The molecule has 0 bridgehead atoms. The third-order valence-electron chi connectivity index (χ3n) is 3.77. The molecule has 5 nitrogen and oxygen atoms in total. The molecule has 1 atom stereocenters. The maximum Gasteiger partial charge on any atom is 0.130 e. The van der Waals surface area contributed by atoms with Gasteiger partial charge in [0.05, 0.1) is 18.4 Å². The van der Waals surface area contributed by atoms with E-state index in [4.69, 9.17) is 4.74 Å². The molecule has 3 rings (SSSR count). The topological polar surface area (TPSA) is 67.3 Å². The zero-order valence-corrected chi connectivity index (χ0v) is 14.1. The van der Waals surface area contributed by atoms with E-state index in [-0.39, 0.29) is 0 Å². The minimum atomic E-state index is -0.596. The number of aliphatic hydroxyl groups excluding tert-OH is 1. The van der Waals surface area contributed by atoms with E-state index in [1.54, 1.807) is 0 Å². The largest absolute Gasteiger partial charge is 0.494 e. The molecule has 0 aliphatic carbocycles. The maximum absolute atomic E-state index is 10.2. The number of rotatable bonds is 7. The zero-order chi connectivity index (χ0) is 17.5. The van der Waals surface area contributed by atoms with Gasteiger partial charge in [-0.25, -0.2) is 9.97 Å². The highest BCUT2D eigenvalue weighted by Gasteiger charge is 2.08. The zero-order valence-electron chi connectivity index (χ0n) is 14.1. The lowest BCUT2D eigenvalue weighted by Crippen LogP contribution is -2.13. The first-order valence-electron chi connectivity index (χ1n) is 8.28. The molecule has 0 spiro atoms. The van der Waals surface area contributed by atoms with E-state index in [2.05, 4.69) is 15.3 Å². The summed E-state index contributed by atoms with van der Waals surface area (Å²) in [7, 11) is 0. The fourth-order valence-electron chi connectivity index (χ4n) is 2.52. The lowest BCUT2D eigenvalue weighted by Gasteiger charge is -2.13. The lowest BCUT2D eigenvalue weighted by atomic mass is 10.1. The molecule has 0 radical (unpaired) electrons. The van der Waals surface area contributed by atoms with Crippen molar-refractivity contribution < 1.29 is 9.84 Å². The van der Waals surface area contributed by atoms with Crippen molar-refractivity contribution in [3.05, 3.63) is 72.6 Å². The van der Waals surface area contributed by atoms with Crippen LogP contribution in [0.2, 0.25) is 0 Å². The van der Waals surface area contributed by atoms with Crippen LogP contribution in [0.3, 0.4) is 0 Å². The van der Waals surface area contributed by atoms with E-state index >= 15 is 0 Å². The number of anilines is 1. The fraction of sp³-hybridized carbons (Fsp3) is 0.200. The Morgan fingerprint density at radius 2 is 1.88 bits per heavy atom. The summed E-state index contributed by atoms with van der Waals surface area (Å²) >= 11 is 0. The maximum atomic E-state index is 10.2. The lowest BCUT2D eigenvalue weighted by molar-refractivity contribution is 0.191. The van der Waals surface area contributed by atoms with Gasteiger partial charge in [-0.05, 0) is 24.6 Å². The second-order valence-corrected chi connectivity index (χ2v) is 5.56. The summed E-state index contributed by atoms with van der Waals surface area (Å²) in [6, 6.07) is 19.2. The first kappa shape index (κ1) is 16.9. The standard InChI is InChI=1S/C20H21N3O2/c1-2-25-17-10-6-9-16(11-17)18-12-20(23-14-22-18)21-13-19(24)15-7-4-3-5-8-15/h3-12,14,19,24H,2,13H2,1H3,(H,21,22,23). The normalized spacial score (nSPS) is 11.8. The van der Waals surface area contributed by atoms with Gasteiger partial charge in [0.2, 0.25) is 0 Å². The van der Waals surface area contributed by atoms with E-state index in [1.165, 1.54) is 6.33 Å². The molecule has 1 heterocycles. The van der Waals surface area contributed by atoms with Crippen molar-refractivity contribution in [1.82, 2.24) is 9.97 Å². The van der Waals surface area contributed by atoms with Gasteiger partial charge in [-0.15, -0.1) is 0 Å². The van der Waals surface area contributed by atoms with Crippen molar-refractivity contribution in [2.45, 2.75) is 13.0 Å². The Morgan fingerprint density at radius 1 is 1.04 bits per heavy atom. The van der Waals surface area contributed by atoms with Crippen molar-refractivity contribution in [3.8, 4) is 17.0 Å². The van der Waals surface area contributed by atoms with Crippen LogP contribution in [0.15, 0.2) is 67.0 Å². The summed E-state index contributed by atoms with van der Waals surface area (Å²) in [5.74, 6) is 1.48. The van der Waals surface area contributed by atoms with Gasteiger partial charge in [-0.3, -0.25) is 0 Å². The molecule has 3 aromatic rings. The molecule has 0 saturated carbocycles. The first-order valence-corrected chi connectivity index (χ1v) is 8.28. The summed E-state index contributed by atoms with van der Waals surface area (Å²) in [6.07, 6.45) is 0.917. The Balaban J connectivity index is 1.70. The van der Waals surface area contributed by atoms with Gasteiger partial charge in [0.15, 0.2) is 0 Å². The highest BCUT2D eigenvalue weighted by atomic mass is 16.5. The molecular formula is C20H21N3O2. The van der Waals surface area contributed by atoms with Crippen LogP contribution < -0.4 is 10.1 Å². The van der Waals surface area contributed by atoms with Gasteiger partial charge in [-0.1, -0.05) is 42.5 Å². The van der Waals surface area contributed by atoms with Gasteiger partial charge in [-0.2, -0.15) is 0 Å². The summed E-state index contributed by atoms with van der Waals surface area (Å²) in [4.78, 5) is 8.55. The minimum Gasteiger partial charge on any atom is -0.494 e. The molecule has 1 aromatic heterocycles. The van der Waals surface area contributed by atoms with Crippen LogP contribution in [0, 0.1) is 0 Å². The smallest absolute Gasteiger partial charge is 0.130 e. The van der Waals surface area contributed by atoms with Crippen molar-refractivity contribution >= 4 is 5.82 Å². The number of benzene rings is 2. The molecule has 0 aliphatic rings. The van der Waals surface area contributed by atoms with E-state index in [0.29, 0.717) is 19.0 Å². The fourth-order valence-corrected chi connectivity index (χ4v) is 2.52. The van der Waals surface area contributed by atoms with Gasteiger partial charge in [0.1, 0.15) is 17.9 Å². The second-order valence-electron chi connectivity index (χ2n) is 5.56. The van der Waals surface area contributed by atoms with Crippen LogP contribution in [0.4, 0.5) is 5.82 Å². The van der Waals surface area contributed by atoms with E-state index in [0.717, 1.165) is 22.6 Å². The average molecular weight is 335 g/mol. The van der Waals surface area contributed by atoms with Gasteiger partial charge >= 0.3 is 0 Å². The van der Waals surface area contributed by atoms with Crippen molar-refractivity contribution in [2.24, 2.45) is 0 Å². The van der Waals surface area contributed by atoms with Crippen molar-refractivity contribution in [1.29, 1.82) is 0 Å². The van der Waals surface area contributed by atoms with Gasteiger partial charge in [0.25, 0.3) is 0 Å². The number of nitrogens with zero attached hydrogens (tertiary/aromatic N) is 2. The number of hydrogen-bond acceptors (Lipinski definition) is 5. The Kier molecular flexibility index (Phi) is 5.59. The highest BCUT2D eigenvalue weighted by Crippen LogP contribution is 2.23. The SMILES string of the molecule is CCOc1cccc(-c2cc(NCC(O)c3ccccc3)ncn2)c1. The van der Waals surface area contributed by atoms with Crippen LogP contribution in [-0.2, 0) is 0 Å². The first-order chi connectivity index (χ1) is 12.3. The van der Waals surface area contributed by atoms with Crippen molar-refractivity contribution in [2.75, 3.05) is 18.5 Å². The average Bonchev–Trinajstić information content (AvgIpc) is 2.67. The monoisotopic (exact) mass is 335 g/mol. The molecule has 0 saturated heterocycles. The quantitative estimate of drug-likeness (QED) is 0.689. The van der Waals surface area contributed by atoms with Gasteiger partial charge in [0, 0.05) is 18.2 Å². The van der Waals surface area contributed by atoms with Crippen LogP contribution in [0.5, 0.6) is 5.75 Å². The number of aromatic nitrogens is 2. The molecule has 0 fully saturated rings. The molecule has 0 amide bonds. The Morgan fingerprint density at radius 3 is 2.68 bits per heavy atom. The van der Waals surface area contributed by atoms with Crippen LogP contribution in [0.25, 0.3) is 11.3 Å². The summed E-state index contributed by atoms with van der Waals surface area (Å²) in [5.41, 5.74) is 2.63. The number of nitrogens with one attached hydrogen (secondary N) is 1. The van der Waals surface area contributed by atoms with E-state index < -0.39 is 6.10 Å². The van der Waals surface area contributed by atoms with Crippen LogP contribution >= 0.6 is 0 Å². The molecular weight excluding hydrogens is 314 g/mol. The third kappa shape index (κ3) is 4.55. The number of ether oxygens (including phenoxy) is 1. The Hall–Kier alpha value is -2.92.